The van der Waals surface area contributed by atoms with Gasteiger partial charge >= 0.3 is 0 Å². The summed E-state index contributed by atoms with van der Waals surface area (Å²) in [5.74, 6) is 1.21. The number of rotatable bonds is 4. The van der Waals surface area contributed by atoms with Gasteiger partial charge in [-0.25, -0.2) is 13.4 Å². The van der Waals surface area contributed by atoms with E-state index < -0.39 is 9.84 Å². The Hall–Kier alpha value is -1.30. The van der Waals surface area contributed by atoms with Gasteiger partial charge in [0.1, 0.15) is 0 Å². The zero-order chi connectivity index (χ0) is 12.5. The minimum Gasteiger partial charge on any atom is -0.352 e. The molecule has 0 saturated carbocycles. The van der Waals surface area contributed by atoms with Gasteiger partial charge in [-0.3, -0.25) is 0 Å². The molecule has 0 spiro atoms. The molecule has 1 aliphatic rings. The number of sulfone groups is 1. The Bertz CT molecular complexity index is 519. The Morgan fingerprint density at radius 2 is 2.47 bits per heavy atom. The molecule has 0 aromatic carbocycles. The predicted octanol–water partition coefficient (Wildman–Crippen LogP) is 1.15. The molecule has 1 saturated heterocycles. The number of hydrogen-bond acceptors (Lipinski definition) is 4. The molecule has 94 valence electrons. The third-order valence-electron chi connectivity index (χ3n) is 2.86. The van der Waals surface area contributed by atoms with Gasteiger partial charge in [0.2, 0.25) is 5.95 Å². The highest BCUT2D eigenvalue weighted by atomic mass is 32.2. The number of nitrogens with zero attached hydrogens (tertiary/aromatic N) is 2. The molecular weight excluding hydrogens is 238 g/mol. The Balaban J connectivity index is 2.23. The van der Waals surface area contributed by atoms with Crippen LogP contribution in [0.4, 0.5) is 5.95 Å². The number of imidazole rings is 1. The maximum Gasteiger partial charge on any atom is 0.203 e. The zero-order valence-corrected chi connectivity index (χ0v) is 10.7. The quantitative estimate of drug-likeness (QED) is 0.820. The number of anilines is 1. The van der Waals surface area contributed by atoms with E-state index in [4.69, 9.17) is 0 Å². The maximum atomic E-state index is 11.5. The van der Waals surface area contributed by atoms with Gasteiger partial charge in [0, 0.05) is 12.7 Å². The topological polar surface area (TPSA) is 64.0 Å². The van der Waals surface area contributed by atoms with Crippen molar-refractivity contribution in [2.45, 2.75) is 19.4 Å². The van der Waals surface area contributed by atoms with E-state index in [-0.39, 0.29) is 17.5 Å². The number of nitrogens with one attached hydrogen (secondary N) is 1. The van der Waals surface area contributed by atoms with Crippen molar-refractivity contribution in [1.29, 1.82) is 0 Å². The molecule has 0 amide bonds. The summed E-state index contributed by atoms with van der Waals surface area (Å²) in [6, 6.07) is 0.00788. The van der Waals surface area contributed by atoms with Gasteiger partial charge in [-0.1, -0.05) is 6.08 Å². The first-order valence-corrected chi connectivity index (χ1v) is 7.44. The summed E-state index contributed by atoms with van der Waals surface area (Å²) in [7, 11) is -2.87. The van der Waals surface area contributed by atoms with E-state index in [0.29, 0.717) is 13.0 Å². The second kappa shape index (κ2) is 4.52. The highest BCUT2D eigenvalue weighted by Gasteiger charge is 2.30. The monoisotopic (exact) mass is 255 g/mol. The summed E-state index contributed by atoms with van der Waals surface area (Å²) in [4.78, 5) is 4.35. The van der Waals surface area contributed by atoms with Crippen molar-refractivity contribution in [2.24, 2.45) is 0 Å². The summed E-state index contributed by atoms with van der Waals surface area (Å²) in [5.41, 5.74) is 0.890. The first-order chi connectivity index (χ1) is 8.02. The standard InChI is InChI=1S/C11H17N3O2S/c1-3-5-12-11-13-9(2)7-14(11)10-4-6-17(15,16)8-10/h3,7,10H,1,4-6,8H2,2H3,(H,12,13). The third-order valence-corrected chi connectivity index (χ3v) is 4.61. The fraction of sp³-hybridized carbons (Fsp3) is 0.545. The first kappa shape index (κ1) is 12.2. The van der Waals surface area contributed by atoms with Crippen LogP contribution in [-0.4, -0.2) is 36.0 Å². The molecule has 17 heavy (non-hydrogen) atoms. The van der Waals surface area contributed by atoms with Crippen molar-refractivity contribution in [3.05, 3.63) is 24.5 Å². The molecule has 2 heterocycles. The minimum absolute atomic E-state index is 0.00788. The second-order valence-electron chi connectivity index (χ2n) is 4.34. The van der Waals surface area contributed by atoms with E-state index in [9.17, 15) is 8.42 Å². The Morgan fingerprint density at radius 3 is 3.06 bits per heavy atom. The molecule has 1 N–H and O–H groups in total. The Labute approximate surface area is 101 Å². The van der Waals surface area contributed by atoms with E-state index in [2.05, 4.69) is 16.9 Å². The van der Waals surface area contributed by atoms with Crippen LogP contribution in [0.25, 0.3) is 0 Å². The lowest BCUT2D eigenvalue weighted by Gasteiger charge is -2.13. The molecule has 2 rings (SSSR count). The lowest BCUT2D eigenvalue weighted by Crippen LogP contribution is -2.14. The average molecular weight is 255 g/mol. The first-order valence-electron chi connectivity index (χ1n) is 5.62. The van der Waals surface area contributed by atoms with Crippen LogP contribution < -0.4 is 5.32 Å². The lowest BCUT2D eigenvalue weighted by atomic mass is 10.2. The molecule has 1 aliphatic heterocycles. The van der Waals surface area contributed by atoms with Gasteiger partial charge in [0.15, 0.2) is 9.84 Å². The molecule has 0 aliphatic carbocycles. The van der Waals surface area contributed by atoms with Gasteiger partial charge in [0.05, 0.1) is 23.2 Å². The highest BCUT2D eigenvalue weighted by Crippen LogP contribution is 2.27. The van der Waals surface area contributed by atoms with Crippen molar-refractivity contribution in [3.8, 4) is 0 Å². The van der Waals surface area contributed by atoms with Gasteiger partial charge < -0.3 is 9.88 Å². The summed E-state index contributed by atoms with van der Waals surface area (Å²) in [6.07, 6.45) is 4.32. The Kier molecular flexibility index (Phi) is 3.24. The fourth-order valence-electron chi connectivity index (χ4n) is 2.08. The van der Waals surface area contributed by atoms with Crippen molar-refractivity contribution in [2.75, 3.05) is 23.4 Å². The molecule has 6 heteroatoms. The summed E-state index contributed by atoms with van der Waals surface area (Å²) in [6.45, 7) is 6.16. The molecule has 1 unspecified atom stereocenters. The molecular formula is C11H17N3O2S. The van der Waals surface area contributed by atoms with E-state index in [1.165, 1.54) is 0 Å². The largest absolute Gasteiger partial charge is 0.352 e. The van der Waals surface area contributed by atoms with Crippen molar-refractivity contribution in [1.82, 2.24) is 9.55 Å². The van der Waals surface area contributed by atoms with Gasteiger partial charge in [0.25, 0.3) is 0 Å². The van der Waals surface area contributed by atoms with Crippen molar-refractivity contribution >= 4 is 15.8 Å². The van der Waals surface area contributed by atoms with Crippen molar-refractivity contribution in [3.63, 3.8) is 0 Å². The third kappa shape index (κ3) is 2.69. The fourth-order valence-corrected chi connectivity index (χ4v) is 3.79. The van der Waals surface area contributed by atoms with Crippen LogP contribution in [0.2, 0.25) is 0 Å². The molecule has 5 nitrogen and oxygen atoms in total. The van der Waals surface area contributed by atoms with Crippen LogP contribution in [-0.2, 0) is 9.84 Å². The molecule has 1 aromatic heterocycles. The SMILES string of the molecule is C=CCNc1nc(C)cn1C1CCS(=O)(=O)C1. The van der Waals surface area contributed by atoms with Gasteiger partial charge in [-0.2, -0.15) is 0 Å². The average Bonchev–Trinajstić information content (AvgIpc) is 2.78. The number of hydrogen-bond donors (Lipinski definition) is 1. The van der Waals surface area contributed by atoms with Crippen LogP contribution >= 0.6 is 0 Å². The van der Waals surface area contributed by atoms with Crippen LogP contribution in [0.1, 0.15) is 18.2 Å². The summed E-state index contributed by atoms with van der Waals surface area (Å²) < 4.78 is 24.9. The normalized spacial score (nSPS) is 22.5. The van der Waals surface area contributed by atoms with Crippen molar-refractivity contribution < 1.29 is 8.42 Å². The van der Waals surface area contributed by atoms with E-state index in [0.717, 1.165) is 11.6 Å². The van der Waals surface area contributed by atoms with E-state index >= 15 is 0 Å². The summed E-state index contributed by atoms with van der Waals surface area (Å²) in [5, 5.41) is 3.13. The zero-order valence-electron chi connectivity index (χ0n) is 9.89. The molecule has 1 aromatic rings. The second-order valence-corrected chi connectivity index (χ2v) is 6.57. The lowest BCUT2D eigenvalue weighted by molar-refractivity contribution is 0.560. The highest BCUT2D eigenvalue weighted by molar-refractivity contribution is 7.91. The molecule has 1 fully saturated rings. The van der Waals surface area contributed by atoms with E-state index in [1.807, 2.05) is 17.7 Å². The van der Waals surface area contributed by atoms with Gasteiger partial charge in [-0.15, -0.1) is 6.58 Å². The minimum atomic E-state index is -2.87. The van der Waals surface area contributed by atoms with E-state index in [1.54, 1.807) is 6.08 Å². The van der Waals surface area contributed by atoms with Gasteiger partial charge in [-0.05, 0) is 13.3 Å². The number of aromatic nitrogens is 2. The molecule has 0 radical (unpaired) electrons. The smallest absolute Gasteiger partial charge is 0.203 e. The van der Waals surface area contributed by atoms with Crippen LogP contribution in [0.15, 0.2) is 18.9 Å². The summed E-state index contributed by atoms with van der Waals surface area (Å²) >= 11 is 0. The number of aryl methyl sites for hydroxylation is 1. The molecule has 0 bridgehead atoms. The van der Waals surface area contributed by atoms with Crippen LogP contribution in [0.3, 0.4) is 0 Å². The van der Waals surface area contributed by atoms with Crippen LogP contribution in [0.5, 0.6) is 0 Å². The predicted molar refractivity (Wildman–Crippen MR) is 68.0 cm³/mol. The maximum absolute atomic E-state index is 11.5. The van der Waals surface area contributed by atoms with Crippen LogP contribution in [0, 0.1) is 6.92 Å². The molecule has 1 atom stereocenters. The Morgan fingerprint density at radius 1 is 1.71 bits per heavy atom.